The zero-order valence-electron chi connectivity index (χ0n) is 16.0. The predicted molar refractivity (Wildman–Crippen MR) is 104 cm³/mol. The van der Waals surface area contributed by atoms with Crippen molar-refractivity contribution in [2.75, 3.05) is 0 Å². The van der Waals surface area contributed by atoms with Gasteiger partial charge in [-0.2, -0.15) is 5.10 Å². The van der Waals surface area contributed by atoms with Crippen LogP contribution in [-0.2, 0) is 11.8 Å². The number of aromatic nitrogens is 2. The van der Waals surface area contributed by atoms with Crippen LogP contribution in [0, 0.1) is 0 Å². The summed E-state index contributed by atoms with van der Waals surface area (Å²) in [5.41, 5.74) is 4.76. The fraction of sp³-hybridized carbons (Fsp3) is 0.364. The quantitative estimate of drug-likeness (QED) is 0.741. The van der Waals surface area contributed by atoms with Crippen molar-refractivity contribution in [1.29, 1.82) is 0 Å². The van der Waals surface area contributed by atoms with Gasteiger partial charge < -0.3 is 9.73 Å². The summed E-state index contributed by atoms with van der Waals surface area (Å²) in [5.74, 6) is 0.160. The third-order valence-electron chi connectivity index (χ3n) is 5.21. The molecule has 0 fully saturated rings. The molecule has 1 aliphatic carbocycles. The second kappa shape index (κ2) is 6.72. The largest absolute Gasteiger partial charge is 0.459 e. The van der Waals surface area contributed by atoms with Gasteiger partial charge in [0.15, 0.2) is 5.76 Å². The van der Waals surface area contributed by atoms with E-state index < -0.39 is 0 Å². The predicted octanol–water partition coefficient (Wildman–Crippen LogP) is 4.57. The van der Waals surface area contributed by atoms with E-state index in [0.29, 0.717) is 5.76 Å². The van der Waals surface area contributed by atoms with Crippen molar-refractivity contribution >= 4 is 5.91 Å². The Kier molecular flexibility index (Phi) is 4.38. The van der Waals surface area contributed by atoms with E-state index in [1.807, 2.05) is 10.9 Å². The summed E-state index contributed by atoms with van der Waals surface area (Å²) in [6.07, 6.45) is 6.29. The van der Waals surface area contributed by atoms with Crippen molar-refractivity contribution in [3.63, 3.8) is 0 Å². The van der Waals surface area contributed by atoms with E-state index in [-0.39, 0.29) is 17.4 Å². The zero-order valence-corrected chi connectivity index (χ0v) is 16.0. The molecule has 5 nitrogen and oxygen atoms in total. The van der Waals surface area contributed by atoms with E-state index in [2.05, 4.69) is 55.5 Å². The third-order valence-corrected chi connectivity index (χ3v) is 5.21. The molecule has 1 amide bonds. The molecule has 2 heterocycles. The number of furan rings is 1. The number of hydrogen-bond donors (Lipinski definition) is 1. The maximum absolute atomic E-state index is 12.4. The Bertz CT molecular complexity index is 931. The number of nitrogens with one attached hydrogen (secondary N) is 1. The molecule has 1 aromatic carbocycles. The van der Waals surface area contributed by atoms with Crippen LogP contribution in [0.25, 0.3) is 5.69 Å². The average molecular weight is 363 g/mol. The number of hydrogen-bond acceptors (Lipinski definition) is 3. The number of benzene rings is 1. The van der Waals surface area contributed by atoms with Gasteiger partial charge in [0.2, 0.25) is 0 Å². The molecule has 4 rings (SSSR count). The summed E-state index contributed by atoms with van der Waals surface area (Å²) in [4.78, 5) is 12.4. The van der Waals surface area contributed by atoms with Gasteiger partial charge in [-0.05, 0) is 54.5 Å². The van der Waals surface area contributed by atoms with Gasteiger partial charge >= 0.3 is 0 Å². The smallest absolute Gasteiger partial charge is 0.287 e. The fourth-order valence-electron chi connectivity index (χ4n) is 3.67. The first-order valence-electron chi connectivity index (χ1n) is 9.45. The van der Waals surface area contributed by atoms with Gasteiger partial charge in [0.25, 0.3) is 5.91 Å². The van der Waals surface area contributed by atoms with Crippen LogP contribution in [0.5, 0.6) is 0 Å². The summed E-state index contributed by atoms with van der Waals surface area (Å²) < 4.78 is 7.21. The van der Waals surface area contributed by atoms with Crippen LogP contribution in [-0.4, -0.2) is 15.7 Å². The van der Waals surface area contributed by atoms with Gasteiger partial charge in [-0.1, -0.05) is 32.9 Å². The molecule has 0 radical (unpaired) electrons. The molecule has 0 spiro atoms. The van der Waals surface area contributed by atoms with E-state index in [1.165, 1.54) is 17.5 Å². The summed E-state index contributed by atoms with van der Waals surface area (Å²) >= 11 is 0. The molecule has 1 N–H and O–H groups in total. The van der Waals surface area contributed by atoms with E-state index in [9.17, 15) is 4.79 Å². The first-order valence-corrected chi connectivity index (χ1v) is 9.45. The van der Waals surface area contributed by atoms with Crippen molar-refractivity contribution in [2.24, 2.45) is 0 Å². The molecule has 140 valence electrons. The first kappa shape index (κ1) is 17.6. The lowest BCUT2D eigenvalue weighted by atomic mass is 9.87. The molecule has 0 bridgehead atoms. The van der Waals surface area contributed by atoms with Gasteiger partial charge in [-0.3, -0.25) is 4.79 Å². The second-order valence-corrected chi connectivity index (χ2v) is 8.15. The Labute approximate surface area is 159 Å². The SMILES string of the molecule is CC(C)(C)c1ccc(-n2ncc3c2CCC[C@H]3NC(=O)c2ccco2)cc1. The number of nitrogens with zero attached hydrogens (tertiary/aromatic N) is 2. The lowest BCUT2D eigenvalue weighted by Gasteiger charge is -2.24. The molecule has 5 heteroatoms. The normalized spacial score (nSPS) is 16.8. The lowest BCUT2D eigenvalue weighted by Crippen LogP contribution is -2.30. The van der Waals surface area contributed by atoms with E-state index in [4.69, 9.17) is 4.42 Å². The molecule has 0 saturated carbocycles. The molecule has 3 aromatic rings. The number of carbonyl (C=O) groups is 1. The highest BCUT2D eigenvalue weighted by atomic mass is 16.3. The van der Waals surface area contributed by atoms with Crippen molar-refractivity contribution in [2.45, 2.75) is 51.5 Å². The van der Waals surface area contributed by atoms with Crippen molar-refractivity contribution < 1.29 is 9.21 Å². The minimum atomic E-state index is -0.180. The number of fused-ring (bicyclic) bond motifs is 1. The van der Waals surface area contributed by atoms with Crippen LogP contribution in [0.15, 0.2) is 53.3 Å². The molecule has 27 heavy (non-hydrogen) atoms. The molecule has 0 saturated heterocycles. The van der Waals surface area contributed by atoms with Gasteiger partial charge in [0.1, 0.15) is 0 Å². The van der Waals surface area contributed by atoms with Crippen molar-refractivity contribution in [3.8, 4) is 5.69 Å². The Morgan fingerprint density at radius 3 is 2.67 bits per heavy atom. The molecule has 0 unspecified atom stereocenters. The molecule has 0 aliphatic heterocycles. The average Bonchev–Trinajstić information content (AvgIpc) is 3.31. The minimum absolute atomic E-state index is 0.0334. The molecule has 1 aliphatic rings. The Morgan fingerprint density at radius 1 is 1.22 bits per heavy atom. The van der Waals surface area contributed by atoms with Crippen LogP contribution in [0.3, 0.4) is 0 Å². The number of amides is 1. The topological polar surface area (TPSA) is 60.1 Å². The maximum atomic E-state index is 12.4. The maximum Gasteiger partial charge on any atom is 0.287 e. The Hall–Kier alpha value is -2.82. The van der Waals surface area contributed by atoms with E-state index in [1.54, 1.807) is 12.1 Å². The lowest BCUT2D eigenvalue weighted by molar-refractivity contribution is 0.0904. The highest BCUT2D eigenvalue weighted by Gasteiger charge is 2.27. The van der Waals surface area contributed by atoms with E-state index >= 15 is 0 Å². The summed E-state index contributed by atoms with van der Waals surface area (Å²) in [7, 11) is 0. The Balaban J connectivity index is 1.59. The molecular weight excluding hydrogens is 338 g/mol. The monoisotopic (exact) mass is 363 g/mol. The fourth-order valence-corrected chi connectivity index (χ4v) is 3.67. The summed E-state index contributed by atoms with van der Waals surface area (Å²) in [6, 6.07) is 12.0. The summed E-state index contributed by atoms with van der Waals surface area (Å²) in [6.45, 7) is 6.64. The molecule has 2 aromatic heterocycles. The van der Waals surface area contributed by atoms with Crippen LogP contribution < -0.4 is 5.32 Å². The molecular formula is C22H25N3O2. The highest BCUT2D eigenvalue weighted by molar-refractivity contribution is 5.91. The first-order chi connectivity index (χ1) is 12.9. The minimum Gasteiger partial charge on any atom is -0.459 e. The highest BCUT2D eigenvalue weighted by Crippen LogP contribution is 2.32. The van der Waals surface area contributed by atoms with Gasteiger partial charge in [-0.25, -0.2) is 4.68 Å². The van der Waals surface area contributed by atoms with Gasteiger partial charge in [0.05, 0.1) is 24.2 Å². The number of rotatable bonds is 3. The third kappa shape index (κ3) is 3.42. The van der Waals surface area contributed by atoms with Crippen LogP contribution in [0.1, 0.15) is 67.0 Å². The van der Waals surface area contributed by atoms with Crippen molar-refractivity contribution in [3.05, 3.63) is 71.4 Å². The van der Waals surface area contributed by atoms with Crippen LogP contribution in [0.2, 0.25) is 0 Å². The van der Waals surface area contributed by atoms with Gasteiger partial charge in [-0.15, -0.1) is 0 Å². The second-order valence-electron chi connectivity index (χ2n) is 8.15. The molecule has 1 atom stereocenters. The van der Waals surface area contributed by atoms with Crippen molar-refractivity contribution in [1.82, 2.24) is 15.1 Å². The van der Waals surface area contributed by atoms with Crippen LogP contribution in [0.4, 0.5) is 0 Å². The van der Waals surface area contributed by atoms with E-state index in [0.717, 1.165) is 30.5 Å². The standard InChI is InChI=1S/C22H25N3O2/c1-22(2,3)15-9-11-16(12-10-15)25-19-7-4-6-18(17(19)14-23-25)24-21(26)20-8-5-13-27-20/h5,8-14,18H,4,6-7H2,1-3H3,(H,24,26)/t18-/m1/s1. The Morgan fingerprint density at radius 2 is 2.00 bits per heavy atom. The van der Waals surface area contributed by atoms with Gasteiger partial charge in [0, 0.05) is 11.3 Å². The van der Waals surface area contributed by atoms with Crippen LogP contribution >= 0.6 is 0 Å². The zero-order chi connectivity index (χ0) is 19.0. The number of carbonyl (C=O) groups excluding carboxylic acids is 1. The summed E-state index contributed by atoms with van der Waals surface area (Å²) in [5, 5.41) is 7.71.